The maximum atomic E-state index is 12.5. The van der Waals surface area contributed by atoms with Gasteiger partial charge in [-0.2, -0.15) is 4.99 Å². The van der Waals surface area contributed by atoms with Crippen LogP contribution in [0.5, 0.6) is 0 Å². The van der Waals surface area contributed by atoms with Crippen molar-refractivity contribution in [3.05, 3.63) is 40.5 Å². The van der Waals surface area contributed by atoms with Gasteiger partial charge < -0.3 is 9.15 Å². The largest absolute Gasteiger partial charge is 0.467 e. The Balaban J connectivity index is 1.51. The van der Waals surface area contributed by atoms with Crippen LogP contribution in [0.15, 0.2) is 48.4 Å². The first-order chi connectivity index (χ1) is 15.0. The molecule has 1 atom stereocenters. The Kier molecular flexibility index (Phi) is 6.42. The van der Waals surface area contributed by atoms with Gasteiger partial charge in [0.2, 0.25) is 0 Å². The van der Waals surface area contributed by atoms with E-state index in [1.165, 1.54) is 23.5 Å². The molecule has 0 saturated heterocycles. The van der Waals surface area contributed by atoms with E-state index >= 15 is 0 Å². The maximum absolute atomic E-state index is 12.5. The molecule has 9 nitrogen and oxygen atoms in total. The Hall–Kier alpha value is -2.66. The van der Waals surface area contributed by atoms with Crippen LogP contribution in [0.4, 0.5) is 0 Å². The molecule has 2 aliphatic heterocycles. The number of carbonyl (C=O) groups excluding carboxylic acids is 2. The highest BCUT2D eigenvalue weighted by molar-refractivity contribution is 8.17. The van der Waals surface area contributed by atoms with Gasteiger partial charge in [0.05, 0.1) is 30.2 Å². The zero-order valence-corrected chi connectivity index (χ0v) is 19.0. The van der Waals surface area contributed by atoms with Crippen molar-refractivity contribution in [1.82, 2.24) is 14.8 Å². The van der Waals surface area contributed by atoms with Gasteiger partial charge in [-0.3, -0.25) is 14.2 Å². The van der Waals surface area contributed by atoms with Crippen LogP contribution in [0.1, 0.15) is 32.4 Å². The predicted octanol–water partition coefficient (Wildman–Crippen LogP) is 3.11. The summed E-state index contributed by atoms with van der Waals surface area (Å²) in [5, 5.41) is 9.76. The van der Waals surface area contributed by atoms with Gasteiger partial charge in [-0.25, -0.2) is 4.99 Å². The molecule has 2 aromatic heterocycles. The monoisotopic (exact) mass is 459 g/mol. The van der Waals surface area contributed by atoms with Crippen LogP contribution in [0.3, 0.4) is 0 Å². The van der Waals surface area contributed by atoms with Crippen molar-refractivity contribution in [2.45, 2.75) is 38.9 Å². The number of aliphatic imine (C=N–C) groups is 2. The Bertz CT molecular complexity index is 1100. The zero-order chi connectivity index (χ0) is 22.0. The highest BCUT2D eigenvalue weighted by Gasteiger charge is 2.36. The van der Waals surface area contributed by atoms with Crippen molar-refractivity contribution in [2.24, 2.45) is 15.9 Å². The first kappa shape index (κ1) is 21.6. The number of esters is 1. The van der Waals surface area contributed by atoms with Crippen molar-refractivity contribution in [2.75, 3.05) is 12.4 Å². The Labute approximate surface area is 187 Å². The summed E-state index contributed by atoms with van der Waals surface area (Å²) in [5.41, 5.74) is 1.02. The number of ether oxygens (including phenoxy) is 1. The lowest BCUT2D eigenvalue weighted by Crippen LogP contribution is -2.25. The summed E-state index contributed by atoms with van der Waals surface area (Å²) >= 11 is 2.89. The second kappa shape index (κ2) is 9.23. The molecule has 1 amide bonds. The molecule has 1 unspecified atom stereocenters. The number of nitrogens with zero attached hydrogens (tertiary/aromatic N) is 5. The van der Waals surface area contributed by atoms with Gasteiger partial charge in [0.1, 0.15) is 29.8 Å². The first-order valence-corrected chi connectivity index (χ1v) is 11.5. The molecule has 0 fully saturated rings. The summed E-state index contributed by atoms with van der Waals surface area (Å²) in [5.74, 6) is 1.11. The predicted molar refractivity (Wildman–Crippen MR) is 118 cm³/mol. The Morgan fingerprint density at radius 3 is 2.90 bits per heavy atom. The third-order valence-electron chi connectivity index (χ3n) is 4.84. The number of hydrogen-bond acceptors (Lipinski definition) is 9. The minimum Gasteiger partial charge on any atom is -0.467 e. The van der Waals surface area contributed by atoms with Crippen LogP contribution in [-0.2, 0) is 27.3 Å². The quantitative estimate of drug-likeness (QED) is 0.437. The van der Waals surface area contributed by atoms with E-state index in [2.05, 4.69) is 20.2 Å². The molecular formula is C20H21N5O4S2. The van der Waals surface area contributed by atoms with Crippen LogP contribution < -0.4 is 0 Å². The molecule has 0 N–H and O–H groups in total. The molecule has 0 radical (unpaired) electrons. The Morgan fingerprint density at radius 2 is 2.16 bits per heavy atom. The lowest BCUT2D eigenvalue weighted by atomic mass is 10.0. The molecule has 31 heavy (non-hydrogen) atoms. The van der Waals surface area contributed by atoms with E-state index < -0.39 is 0 Å². The van der Waals surface area contributed by atoms with E-state index in [4.69, 9.17) is 9.15 Å². The van der Waals surface area contributed by atoms with Crippen LogP contribution >= 0.6 is 23.5 Å². The molecule has 0 saturated carbocycles. The number of hydrogen-bond donors (Lipinski definition) is 0. The van der Waals surface area contributed by atoms with Gasteiger partial charge in [0, 0.05) is 0 Å². The fourth-order valence-corrected chi connectivity index (χ4v) is 5.17. The maximum Gasteiger partial charge on any atom is 0.313 e. The molecule has 162 valence electrons. The number of rotatable bonds is 8. The molecule has 4 heterocycles. The van der Waals surface area contributed by atoms with Crippen molar-refractivity contribution >= 4 is 46.3 Å². The molecule has 4 rings (SSSR count). The summed E-state index contributed by atoms with van der Waals surface area (Å²) < 4.78 is 12.3. The smallest absolute Gasteiger partial charge is 0.313 e. The molecule has 2 aromatic rings. The van der Waals surface area contributed by atoms with Crippen LogP contribution in [-0.4, -0.2) is 49.9 Å². The minimum absolute atomic E-state index is 0.00633. The molecule has 0 bridgehead atoms. The van der Waals surface area contributed by atoms with Gasteiger partial charge >= 0.3 is 5.97 Å². The van der Waals surface area contributed by atoms with E-state index in [1.54, 1.807) is 19.3 Å². The number of aromatic nitrogens is 3. The number of amidine groups is 1. The van der Waals surface area contributed by atoms with E-state index in [9.17, 15) is 9.59 Å². The summed E-state index contributed by atoms with van der Waals surface area (Å²) in [7, 11) is 0. The first-order valence-electron chi connectivity index (χ1n) is 9.74. The Morgan fingerprint density at radius 1 is 1.32 bits per heavy atom. The zero-order valence-electron chi connectivity index (χ0n) is 17.3. The SMILES string of the molecule is CCOC(=O)Cc1nnc(SCC2=NC(=O)C3C(=N2)SC(C)=C3C)n1Cc1ccco1. The standard InChI is InChI=1S/C20H21N5O4S2/c1-4-28-16(26)8-15-23-24-20(25(15)9-13-6-5-7-29-13)30-10-14-21-18(27)17-11(2)12(3)31-19(17)22-14/h5-7,17H,4,8-10H2,1-3H3. The van der Waals surface area contributed by atoms with Gasteiger partial charge in [0.15, 0.2) is 5.16 Å². The highest BCUT2D eigenvalue weighted by atomic mass is 32.2. The fourth-order valence-electron chi connectivity index (χ4n) is 3.22. The van der Waals surface area contributed by atoms with Crippen LogP contribution in [0, 0.1) is 5.92 Å². The number of fused-ring (bicyclic) bond motifs is 1. The lowest BCUT2D eigenvalue weighted by molar-refractivity contribution is -0.142. The average Bonchev–Trinajstić information content (AvgIpc) is 3.43. The van der Waals surface area contributed by atoms with Crippen LogP contribution in [0.2, 0.25) is 0 Å². The number of carbonyl (C=O) groups is 2. The summed E-state index contributed by atoms with van der Waals surface area (Å²) in [6.07, 6.45) is 1.59. The number of thioether (sulfide) groups is 2. The second-order valence-electron chi connectivity index (χ2n) is 6.93. The number of amides is 1. The highest BCUT2D eigenvalue weighted by Crippen LogP contribution is 2.40. The second-order valence-corrected chi connectivity index (χ2v) is 9.10. The van der Waals surface area contributed by atoms with Crippen LogP contribution in [0.25, 0.3) is 0 Å². The van der Waals surface area contributed by atoms with E-state index in [0.29, 0.717) is 41.5 Å². The molecule has 0 aromatic carbocycles. The summed E-state index contributed by atoms with van der Waals surface area (Å²) in [4.78, 5) is 34.3. The van der Waals surface area contributed by atoms with Crippen molar-refractivity contribution < 1.29 is 18.7 Å². The number of furan rings is 1. The van der Waals surface area contributed by atoms with E-state index in [-0.39, 0.29) is 24.2 Å². The fraction of sp³-hybridized carbons (Fsp3) is 0.400. The molecular weight excluding hydrogens is 438 g/mol. The molecule has 11 heteroatoms. The van der Waals surface area contributed by atoms with Gasteiger partial charge in [-0.05, 0) is 43.4 Å². The van der Waals surface area contributed by atoms with Crippen molar-refractivity contribution in [3.8, 4) is 0 Å². The van der Waals surface area contributed by atoms with E-state index in [1.807, 2.05) is 24.5 Å². The number of allylic oxidation sites excluding steroid dienone is 1. The van der Waals surface area contributed by atoms with E-state index in [0.717, 1.165) is 15.5 Å². The van der Waals surface area contributed by atoms with Crippen molar-refractivity contribution in [3.63, 3.8) is 0 Å². The topological polar surface area (TPSA) is 112 Å². The third kappa shape index (κ3) is 4.67. The average molecular weight is 460 g/mol. The molecule has 2 aliphatic rings. The summed E-state index contributed by atoms with van der Waals surface area (Å²) in [6, 6.07) is 3.64. The van der Waals surface area contributed by atoms with Crippen molar-refractivity contribution in [1.29, 1.82) is 0 Å². The third-order valence-corrected chi connectivity index (χ3v) is 6.97. The minimum atomic E-state index is -0.372. The lowest BCUT2D eigenvalue weighted by Gasteiger charge is -2.14. The van der Waals surface area contributed by atoms with Gasteiger partial charge in [-0.1, -0.05) is 23.5 Å². The summed E-state index contributed by atoms with van der Waals surface area (Å²) in [6.45, 7) is 6.37. The molecule has 0 spiro atoms. The molecule has 0 aliphatic carbocycles. The van der Waals surface area contributed by atoms with Gasteiger partial charge in [0.25, 0.3) is 5.91 Å². The normalized spacial score (nSPS) is 18.2. The van der Waals surface area contributed by atoms with Gasteiger partial charge in [-0.15, -0.1) is 10.2 Å².